The van der Waals surface area contributed by atoms with E-state index in [1.54, 1.807) is 0 Å². The van der Waals surface area contributed by atoms with Crippen molar-refractivity contribution in [3.05, 3.63) is 42.0 Å². The Kier molecular flexibility index (Phi) is 8.12. The van der Waals surface area contributed by atoms with Crippen LogP contribution in [0.1, 0.15) is 31.7 Å². The van der Waals surface area contributed by atoms with E-state index < -0.39 is 0 Å². The molecule has 0 unspecified atom stereocenters. The highest BCUT2D eigenvalue weighted by molar-refractivity contribution is 7.80. The van der Waals surface area contributed by atoms with Gasteiger partial charge in [0.05, 0.1) is 13.2 Å². The molecule has 1 aromatic heterocycles. The minimum absolute atomic E-state index is 0.558. The zero-order chi connectivity index (χ0) is 22.2. The molecule has 2 aliphatic heterocycles. The van der Waals surface area contributed by atoms with Crippen molar-refractivity contribution in [2.24, 2.45) is 5.92 Å². The third-order valence-electron chi connectivity index (χ3n) is 6.01. The van der Waals surface area contributed by atoms with Gasteiger partial charge in [0.15, 0.2) is 5.11 Å². The Hall–Kier alpha value is -2.45. The van der Waals surface area contributed by atoms with Crippen LogP contribution in [0.4, 0.5) is 17.6 Å². The number of aromatic nitrogens is 2. The van der Waals surface area contributed by atoms with E-state index in [0.717, 1.165) is 70.4 Å². The van der Waals surface area contributed by atoms with Crippen molar-refractivity contribution in [2.75, 3.05) is 61.1 Å². The lowest BCUT2D eigenvalue weighted by molar-refractivity contribution is 0.122. The maximum absolute atomic E-state index is 5.53. The van der Waals surface area contributed by atoms with Crippen LogP contribution in [0.5, 0.6) is 0 Å². The number of piperidine rings is 1. The zero-order valence-corrected chi connectivity index (χ0v) is 19.7. The van der Waals surface area contributed by atoms with E-state index in [-0.39, 0.29) is 0 Å². The summed E-state index contributed by atoms with van der Waals surface area (Å²) < 4.78 is 5.52. The van der Waals surface area contributed by atoms with Crippen LogP contribution in [0.2, 0.25) is 0 Å². The fourth-order valence-electron chi connectivity index (χ4n) is 4.28. The fourth-order valence-corrected chi connectivity index (χ4v) is 4.47. The third kappa shape index (κ3) is 6.53. The Morgan fingerprint density at radius 3 is 2.59 bits per heavy atom. The first-order chi connectivity index (χ1) is 15.7. The van der Waals surface area contributed by atoms with Crippen LogP contribution < -0.4 is 20.4 Å². The van der Waals surface area contributed by atoms with Gasteiger partial charge in [-0.25, -0.2) is 0 Å². The van der Waals surface area contributed by atoms with E-state index in [1.165, 1.54) is 18.4 Å². The van der Waals surface area contributed by atoms with E-state index in [9.17, 15) is 0 Å². The van der Waals surface area contributed by atoms with Gasteiger partial charge >= 0.3 is 0 Å². The zero-order valence-electron chi connectivity index (χ0n) is 18.9. The lowest BCUT2D eigenvalue weighted by Crippen LogP contribution is -2.38. The topological polar surface area (TPSA) is 65.6 Å². The number of anilines is 3. The van der Waals surface area contributed by atoms with Crippen LogP contribution >= 0.6 is 12.2 Å². The standard InChI is InChI=1S/C24H34N6OS/c1-19-7-6-12-30(18-19)22-17-21(29-13-15-31-16-14-29)26-23(27-22)28-24(32)25-11-5-10-20-8-3-2-4-9-20/h2-4,8-9,17,19H,5-7,10-16,18H2,1H3,(H2,25,26,27,28,32)/t19-/m1/s1. The first-order valence-corrected chi connectivity index (χ1v) is 12.1. The van der Waals surface area contributed by atoms with Crippen LogP contribution in [-0.2, 0) is 11.2 Å². The number of morpholine rings is 1. The normalized spacial score (nSPS) is 19.0. The lowest BCUT2D eigenvalue weighted by atomic mass is 10.0. The highest BCUT2D eigenvalue weighted by atomic mass is 32.1. The molecule has 2 saturated heterocycles. The van der Waals surface area contributed by atoms with Crippen LogP contribution in [0, 0.1) is 5.92 Å². The Labute approximate surface area is 196 Å². The first kappa shape index (κ1) is 22.7. The molecular weight excluding hydrogens is 420 g/mol. The molecule has 2 aromatic rings. The summed E-state index contributed by atoms with van der Waals surface area (Å²) in [6.45, 7) is 8.31. The van der Waals surface area contributed by atoms with Crippen molar-refractivity contribution >= 4 is 34.9 Å². The van der Waals surface area contributed by atoms with Gasteiger partial charge in [0.25, 0.3) is 0 Å². The summed E-state index contributed by atoms with van der Waals surface area (Å²) in [5.41, 5.74) is 1.34. The van der Waals surface area contributed by atoms with E-state index >= 15 is 0 Å². The predicted octanol–water partition coefficient (Wildman–Crippen LogP) is 3.47. The molecule has 2 N–H and O–H groups in total. The maximum Gasteiger partial charge on any atom is 0.232 e. The molecule has 4 rings (SSSR count). The molecule has 7 nitrogen and oxygen atoms in total. The number of rotatable bonds is 7. The summed E-state index contributed by atoms with van der Waals surface area (Å²) >= 11 is 5.53. The van der Waals surface area contributed by atoms with E-state index in [0.29, 0.717) is 17.0 Å². The maximum atomic E-state index is 5.53. The largest absolute Gasteiger partial charge is 0.378 e. The summed E-state index contributed by atoms with van der Waals surface area (Å²) in [6.07, 6.45) is 4.51. The molecular formula is C24H34N6OS. The van der Waals surface area contributed by atoms with Gasteiger partial charge in [0.1, 0.15) is 11.6 Å². The lowest BCUT2D eigenvalue weighted by Gasteiger charge is -2.33. The van der Waals surface area contributed by atoms with Crippen molar-refractivity contribution in [2.45, 2.75) is 32.6 Å². The second kappa shape index (κ2) is 11.4. The molecule has 1 aromatic carbocycles. The number of nitrogens with one attached hydrogen (secondary N) is 2. The Bertz CT molecular complexity index is 874. The molecule has 0 radical (unpaired) electrons. The SMILES string of the molecule is C[C@@H]1CCCN(c2cc(N3CCOCC3)nc(NC(=S)NCCCc3ccccc3)n2)C1. The van der Waals surface area contributed by atoms with Crippen LogP contribution in [0.3, 0.4) is 0 Å². The minimum Gasteiger partial charge on any atom is -0.378 e. The highest BCUT2D eigenvalue weighted by Crippen LogP contribution is 2.26. The Balaban J connectivity index is 1.39. The van der Waals surface area contributed by atoms with Crippen molar-refractivity contribution in [1.82, 2.24) is 15.3 Å². The number of nitrogens with zero attached hydrogens (tertiary/aromatic N) is 4. The molecule has 2 aliphatic rings. The summed E-state index contributed by atoms with van der Waals surface area (Å²) in [5.74, 6) is 3.14. The van der Waals surface area contributed by atoms with Gasteiger partial charge in [-0.3, -0.25) is 0 Å². The molecule has 0 amide bonds. The van der Waals surface area contributed by atoms with Crippen molar-refractivity contribution in [3.63, 3.8) is 0 Å². The molecule has 0 aliphatic carbocycles. The molecule has 0 spiro atoms. The predicted molar refractivity (Wildman–Crippen MR) is 135 cm³/mol. The van der Waals surface area contributed by atoms with Gasteiger partial charge in [0, 0.05) is 38.8 Å². The van der Waals surface area contributed by atoms with Crippen LogP contribution in [0.15, 0.2) is 36.4 Å². The van der Waals surface area contributed by atoms with Crippen molar-refractivity contribution in [1.29, 1.82) is 0 Å². The van der Waals surface area contributed by atoms with Gasteiger partial charge < -0.3 is 25.2 Å². The van der Waals surface area contributed by atoms with Gasteiger partial charge in [-0.1, -0.05) is 37.3 Å². The van der Waals surface area contributed by atoms with Crippen LogP contribution in [0.25, 0.3) is 0 Å². The molecule has 3 heterocycles. The molecule has 172 valence electrons. The summed E-state index contributed by atoms with van der Waals surface area (Å²) in [5, 5.41) is 7.09. The smallest absolute Gasteiger partial charge is 0.232 e. The molecule has 2 fully saturated rings. The van der Waals surface area contributed by atoms with Crippen molar-refractivity contribution < 1.29 is 4.74 Å². The van der Waals surface area contributed by atoms with Gasteiger partial charge in [-0.2, -0.15) is 9.97 Å². The number of ether oxygens (including phenoxy) is 1. The Morgan fingerprint density at radius 1 is 1.09 bits per heavy atom. The van der Waals surface area contributed by atoms with Gasteiger partial charge in [-0.05, 0) is 49.4 Å². The summed E-state index contributed by atoms with van der Waals surface area (Å²) in [7, 11) is 0. The summed E-state index contributed by atoms with van der Waals surface area (Å²) in [6, 6.07) is 12.6. The average Bonchev–Trinajstić information content (AvgIpc) is 2.83. The molecule has 32 heavy (non-hydrogen) atoms. The number of aryl methyl sites for hydroxylation is 1. The highest BCUT2D eigenvalue weighted by Gasteiger charge is 2.21. The second-order valence-electron chi connectivity index (χ2n) is 8.67. The first-order valence-electron chi connectivity index (χ1n) is 11.7. The minimum atomic E-state index is 0.558. The van der Waals surface area contributed by atoms with E-state index in [2.05, 4.69) is 57.7 Å². The third-order valence-corrected chi connectivity index (χ3v) is 6.26. The quantitative estimate of drug-likeness (QED) is 0.487. The monoisotopic (exact) mass is 454 g/mol. The number of hydrogen-bond acceptors (Lipinski definition) is 6. The van der Waals surface area contributed by atoms with E-state index in [1.807, 2.05) is 6.07 Å². The molecule has 8 heteroatoms. The van der Waals surface area contributed by atoms with Crippen molar-refractivity contribution in [3.8, 4) is 0 Å². The molecule has 0 bridgehead atoms. The van der Waals surface area contributed by atoms with Crippen LogP contribution in [-0.4, -0.2) is 61.0 Å². The number of thiocarbonyl (C=S) groups is 1. The second-order valence-corrected chi connectivity index (χ2v) is 9.08. The average molecular weight is 455 g/mol. The fraction of sp³-hybridized carbons (Fsp3) is 0.542. The van der Waals surface area contributed by atoms with E-state index in [4.69, 9.17) is 26.9 Å². The Morgan fingerprint density at radius 2 is 1.84 bits per heavy atom. The number of benzene rings is 1. The molecule has 1 atom stereocenters. The molecule has 0 saturated carbocycles. The van der Waals surface area contributed by atoms with Gasteiger partial charge in [0.2, 0.25) is 5.95 Å². The number of hydrogen-bond donors (Lipinski definition) is 2. The summed E-state index contributed by atoms with van der Waals surface area (Å²) in [4.78, 5) is 14.2. The van der Waals surface area contributed by atoms with Gasteiger partial charge in [-0.15, -0.1) is 0 Å².